The first kappa shape index (κ1) is 16.3. The van der Waals surface area contributed by atoms with Gasteiger partial charge in [0.05, 0.1) is 0 Å². The topological polar surface area (TPSA) is 55.9 Å². The average Bonchev–Trinajstić information content (AvgIpc) is 3.02. The minimum absolute atomic E-state index is 0.0317. The molecule has 2 aliphatic rings. The van der Waals surface area contributed by atoms with Gasteiger partial charge in [0.15, 0.2) is 0 Å². The Morgan fingerprint density at radius 1 is 1.17 bits per heavy atom. The molecule has 1 fully saturated rings. The smallest absolute Gasteiger partial charge is 0.317 e. The van der Waals surface area contributed by atoms with Crippen molar-refractivity contribution in [1.82, 2.24) is 20.0 Å². The van der Waals surface area contributed by atoms with Crippen LogP contribution in [0.4, 0.5) is 4.79 Å². The Balaban J connectivity index is 1.37. The molecule has 0 aliphatic carbocycles. The Labute approximate surface area is 141 Å². The fraction of sp³-hybridized carbons (Fsp3) is 0.625. The molecular formula is C16H24N4O2S. The summed E-state index contributed by atoms with van der Waals surface area (Å²) >= 11 is 1.78. The van der Waals surface area contributed by atoms with Crippen molar-refractivity contribution in [2.45, 2.75) is 19.9 Å². The van der Waals surface area contributed by atoms with Crippen LogP contribution < -0.4 is 5.32 Å². The van der Waals surface area contributed by atoms with E-state index in [2.05, 4.69) is 21.7 Å². The molecule has 0 unspecified atom stereocenters. The molecule has 23 heavy (non-hydrogen) atoms. The number of nitrogens with zero attached hydrogens (tertiary/aromatic N) is 3. The molecule has 1 aromatic heterocycles. The number of urea groups is 1. The van der Waals surface area contributed by atoms with E-state index >= 15 is 0 Å². The van der Waals surface area contributed by atoms with Crippen LogP contribution in [0, 0.1) is 0 Å². The van der Waals surface area contributed by atoms with Gasteiger partial charge < -0.3 is 15.1 Å². The molecule has 0 bridgehead atoms. The molecule has 6 nitrogen and oxygen atoms in total. The number of hydrogen-bond acceptors (Lipinski definition) is 4. The maximum absolute atomic E-state index is 12.3. The van der Waals surface area contributed by atoms with Gasteiger partial charge in [-0.1, -0.05) is 0 Å². The number of nitrogens with one attached hydrogen (secondary N) is 1. The van der Waals surface area contributed by atoms with Gasteiger partial charge in [-0.3, -0.25) is 9.69 Å². The molecule has 1 aromatic rings. The van der Waals surface area contributed by atoms with E-state index in [1.54, 1.807) is 18.3 Å². The number of piperazine rings is 1. The number of hydrogen-bond donors (Lipinski definition) is 1. The summed E-state index contributed by atoms with van der Waals surface area (Å²) in [5.74, 6) is 0.149. The molecule has 0 aromatic carbocycles. The first-order chi connectivity index (χ1) is 11.1. The van der Waals surface area contributed by atoms with Gasteiger partial charge in [-0.05, 0) is 23.4 Å². The van der Waals surface area contributed by atoms with Crippen molar-refractivity contribution in [2.75, 3.05) is 45.8 Å². The molecule has 0 radical (unpaired) electrons. The molecule has 0 saturated carbocycles. The molecule has 7 heteroatoms. The summed E-state index contributed by atoms with van der Waals surface area (Å²) in [6, 6.07) is 2.15. The van der Waals surface area contributed by atoms with E-state index < -0.39 is 0 Å². The summed E-state index contributed by atoms with van der Waals surface area (Å²) < 4.78 is 0. The van der Waals surface area contributed by atoms with Gasteiger partial charge in [0, 0.05) is 64.2 Å². The maximum atomic E-state index is 12.3. The second-order valence-corrected chi connectivity index (χ2v) is 7.12. The molecule has 3 rings (SSSR count). The third-order valence-electron chi connectivity index (χ3n) is 4.62. The van der Waals surface area contributed by atoms with Crippen LogP contribution in [0.1, 0.15) is 17.4 Å². The quantitative estimate of drug-likeness (QED) is 0.895. The van der Waals surface area contributed by atoms with Crippen molar-refractivity contribution in [1.29, 1.82) is 0 Å². The zero-order chi connectivity index (χ0) is 16.2. The van der Waals surface area contributed by atoms with E-state index in [-0.39, 0.29) is 11.9 Å². The van der Waals surface area contributed by atoms with Crippen LogP contribution in [0.25, 0.3) is 0 Å². The van der Waals surface area contributed by atoms with Crippen molar-refractivity contribution in [3.63, 3.8) is 0 Å². The Morgan fingerprint density at radius 2 is 1.96 bits per heavy atom. The summed E-state index contributed by atoms with van der Waals surface area (Å²) in [5.41, 5.74) is 1.29. The maximum Gasteiger partial charge on any atom is 0.317 e. The third-order valence-corrected chi connectivity index (χ3v) is 5.64. The Kier molecular flexibility index (Phi) is 5.17. The minimum atomic E-state index is 0.0317. The lowest BCUT2D eigenvalue weighted by Crippen LogP contribution is -2.50. The monoisotopic (exact) mass is 336 g/mol. The number of carbonyl (C=O) groups is 2. The number of amides is 3. The van der Waals surface area contributed by atoms with Crippen LogP contribution in [0.5, 0.6) is 0 Å². The van der Waals surface area contributed by atoms with Crippen LogP contribution in [-0.4, -0.2) is 72.5 Å². The number of rotatable bonds is 3. The second kappa shape index (κ2) is 7.31. The number of fused-ring (bicyclic) bond motifs is 1. The van der Waals surface area contributed by atoms with Crippen molar-refractivity contribution in [3.05, 3.63) is 21.9 Å². The van der Waals surface area contributed by atoms with E-state index in [1.165, 1.54) is 10.4 Å². The highest BCUT2D eigenvalue weighted by molar-refractivity contribution is 7.10. The second-order valence-electron chi connectivity index (χ2n) is 6.12. The highest BCUT2D eigenvalue weighted by atomic mass is 32.1. The fourth-order valence-corrected chi connectivity index (χ4v) is 4.03. The number of thiophene rings is 1. The van der Waals surface area contributed by atoms with E-state index in [1.807, 2.05) is 9.80 Å². The highest BCUT2D eigenvalue weighted by Gasteiger charge is 2.22. The van der Waals surface area contributed by atoms with Gasteiger partial charge in [-0.2, -0.15) is 0 Å². The lowest BCUT2D eigenvalue weighted by atomic mass is 10.1. The number of carbonyl (C=O) groups excluding carboxylic acids is 2. The largest absolute Gasteiger partial charge is 0.340 e. The first-order valence-electron chi connectivity index (χ1n) is 8.19. The normalized spacial score (nSPS) is 18.7. The average molecular weight is 336 g/mol. The molecule has 1 N–H and O–H groups in total. The predicted octanol–water partition coefficient (Wildman–Crippen LogP) is 0.980. The molecule has 0 spiro atoms. The van der Waals surface area contributed by atoms with Gasteiger partial charge in [-0.15, -0.1) is 11.3 Å². The molecular weight excluding hydrogens is 312 g/mol. The molecule has 0 atom stereocenters. The van der Waals surface area contributed by atoms with E-state index in [0.29, 0.717) is 6.54 Å². The minimum Gasteiger partial charge on any atom is -0.340 e. The lowest BCUT2D eigenvalue weighted by Gasteiger charge is -2.34. The fourth-order valence-electron chi connectivity index (χ4n) is 3.14. The summed E-state index contributed by atoms with van der Waals surface area (Å²) in [4.78, 5) is 31.0. The summed E-state index contributed by atoms with van der Waals surface area (Å²) in [5, 5.41) is 5.13. The van der Waals surface area contributed by atoms with Gasteiger partial charge in [0.2, 0.25) is 5.91 Å². The van der Waals surface area contributed by atoms with Crippen LogP contribution in [0.2, 0.25) is 0 Å². The highest BCUT2D eigenvalue weighted by Crippen LogP contribution is 2.23. The predicted molar refractivity (Wildman–Crippen MR) is 90.5 cm³/mol. The summed E-state index contributed by atoms with van der Waals surface area (Å²) in [7, 11) is 0. The molecule has 1 saturated heterocycles. The van der Waals surface area contributed by atoms with Crippen molar-refractivity contribution in [3.8, 4) is 0 Å². The van der Waals surface area contributed by atoms with Crippen LogP contribution in [0.15, 0.2) is 11.4 Å². The van der Waals surface area contributed by atoms with Crippen molar-refractivity contribution in [2.24, 2.45) is 0 Å². The van der Waals surface area contributed by atoms with Gasteiger partial charge in [0.25, 0.3) is 0 Å². The molecule has 2 aliphatic heterocycles. The van der Waals surface area contributed by atoms with Gasteiger partial charge >= 0.3 is 6.03 Å². The Morgan fingerprint density at radius 3 is 2.70 bits per heavy atom. The zero-order valence-electron chi connectivity index (χ0n) is 13.6. The van der Waals surface area contributed by atoms with E-state index in [9.17, 15) is 9.59 Å². The van der Waals surface area contributed by atoms with E-state index in [4.69, 9.17) is 0 Å². The summed E-state index contributed by atoms with van der Waals surface area (Å²) in [6.45, 7) is 7.99. The van der Waals surface area contributed by atoms with Gasteiger partial charge in [-0.25, -0.2) is 4.79 Å². The summed E-state index contributed by atoms with van der Waals surface area (Å²) in [6.07, 6.45) is 0.966. The van der Waals surface area contributed by atoms with Gasteiger partial charge in [0.1, 0.15) is 0 Å². The molecule has 3 heterocycles. The molecule has 126 valence electrons. The third kappa shape index (κ3) is 4.03. The van der Waals surface area contributed by atoms with Crippen LogP contribution >= 0.6 is 11.3 Å². The SMILES string of the molecule is CC(=O)N1CCN(CCNC(=O)N2CCc3sccc3C2)CC1. The first-order valence-corrected chi connectivity index (χ1v) is 9.07. The molecule has 3 amide bonds. The van der Waals surface area contributed by atoms with Crippen molar-refractivity contribution < 1.29 is 9.59 Å². The van der Waals surface area contributed by atoms with Crippen molar-refractivity contribution >= 4 is 23.3 Å². The van der Waals surface area contributed by atoms with Crippen LogP contribution in [-0.2, 0) is 17.8 Å². The van der Waals surface area contributed by atoms with Crippen LogP contribution in [0.3, 0.4) is 0 Å². The lowest BCUT2D eigenvalue weighted by molar-refractivity contribution is -0.130. The Bertz CT molecular complexity index is 566. The zero-order valence-corrected chi connectivity index (χ0v) is 14.4. The standard InChI is InChI=1S/C16H24N4O2S/c1-13(21)19-9-7-18(8-10-19)6-4-17-16(22)20-5-2-15-14(12-20)3-11-23-15/h3,11H,2,4-10,12H2,1H3,(H,17,22). The Hall–Kier alpha value is -1.60. The van der Waals surface area contributed by atoms with E-state index in [0.717, 1.165) is 52.2 Å².